The zero-order valence-electron chi connectivity index (χ0n) is 18.3. The number of hydrogen-bond donors (Lipinski definition) is 0. The van der Waals surface area contributed by atoms with Crippen molar-refractivity contribution in [2.75, 3.05) is 0 Å². The molecule has 0 unspecified atom stereocenters. The van der Waals surface area contributed by atoms with Crippen LogP contribution in [-0.2, 0) is 0 Å². The van der Waals surface area contributed by atoms with Crippen LogP contribution in [0.1, 0.15) is 77.0 Å². The first-order valence-electron chi connectivity index (χ1n) is 11.6. The highest BCUT2D eigenvalue weighted by atomic mass is 14.4. The van der Waals surface area contributed by atoms with Gasteiger partial charge in [0.05, 0.1) is 0 Å². The molecule has 0 nitrogen and oxygen atoms in total. The van der Waals surface area contributed by atoms with Crippen LogP contribution < -0.4 is 0 Å². The molecule has 0 atom stereocenters. The van der Waals surface area contributed by atoms with Crippen molar-refractivity contribution in [1.82, 2.24) is 0 Å². The zero-order valence-corrected chi connectivity index (χ0v) is 18.3. The van der Waals surface area contributed by atoms with Crippen molar-refractivity contribution >= 4 is 0 Å². The van der Waals surface area contributed by atoms with Gasteiger partial charge in [0.2, 0.25) is 0 Å². The first-order chi connectivity index (χ1) is 14.4. The Labute approximate surface area is 181 Å². The van der Waals surface area contributed by atoms with Crippen LogP contribution in [0.3, 0.4) is 0 Å². The third kappa shape index (κ3) is 2.88. The van der Waals surface area contributed by atoms with E-state index in [1.165, 1.54) is 73.7 Å². The van der Waals surface area contributed by atoms with Gasteiger partial charge in [-0.3, -0.25) is 0 Å². The van der Waals surface area contributed by atoms with E-state index in [9.17, 15) is 0 Å². The van der Waals surface area contributed by atoms with E-state index in [1.807, 2.05) is 0 Å². The number of rotatable bonds is 0. The largest absolute Gasteiger partial charge is 0.0952 e. The van der Waals surface area contributed by atoms with E-state index in [-0.39, 0.29) is 0 Å². The molecule has 6 aliphatic rings. The minimum absolute atomic E-state index is 1.07. The maximum absolute atomic E-state index is 4.26. The summed E-state index contributed by atoms with van der Waals surface area (Å²) in [6.45, 7) is 17.1. The van der Waals surface area contributed by atoms with Crippen molar-refractivity contribution in [3.05, 3.63) is 104 Å². The third-order valence-corrected chi connectivity index (χ3v) is 8.62. The Hall–Kier alpha value is -2.34. The van der Waals surface area contributed by atoms with Gasteiger partial charge < -0.3 is 0 Å². The van der Waals surface area contributed by atoms with Crippen LogP contribution in [0, 0.1) is 0 Å². The van der Waals surface area contributed by atoms with Gasteiger partial charge in [0.15, 0.2) is 0 Å². The summed E-state index contributed by atoms with van der Waals surface area (Å²) in [5, 5.41) is 0. The highest BCUT2D eigenvalue weighted by molar-refractivity contribution is 5.54. The summed E-state index contributed by atoms with van der Waals surface area (Å²) in [6.07, 6.45) is 14.0. The lowest BCUT2D eigenvalue weighted by atomic mass is 9.66. The molecular formula is C30H32. The van der Waals surface area contributed by atoms with Crippen LogP contribution in [0.4, 0.5) is 0 Å². The SMILES string of the molecule is C=C1CC2=C(CC1=C)CC1=C(C2)CC2=C(C1)CC1=C(CC3=C(CC(=C)C(=C)C3)C1)C2. The molecule has 0 spiro atoms. The van der Waals surface area contributed by atoms with Crippen molar-refractivity contribution in [3.8, 4) is 0 Å². The average Bonchev–Trinajstić information content (AvgIpc) is 2.70. The summed E-state index contributed by atoms with van der Waals surface area (Å²) in [6, 6.07) is 0. The topological polar surface area (TPSA) is 0 Å². The van der Waals surface area contributed by atoms with E-state index in [1.54, 1.807) is 55.7 Å². The quantitative estimate of drug-likeness (QED) is 0.363. The lowest BCUT2D eigenvalue weighted by Crippen LogP contribution is -2.20. The van der Waals surface area contributed by atoms with E-state index in [2.05, 4.69) is 26.3 Å². The van der Waals surface area contributed by atoms with E-state index in [0.29, 0.717) is 0 Å². The molecule has 0 saturated heterocycles. The second kappa shape index (κ2) is 6.58. The van der Waals surface area contributed by atoms with Gasteiger partial charge in [0.25, 0.3) is 0 Å². The maximum Gasteiger partial charge on any atom is -0.00642 e. The minimum Gasteiger partial charge on any atom is -0.0952 e. The zero-order chi connectivity index (χ0) is 20.6. The first-order valence-corrected chi connectivity index (χ1v) is 11.6. The molecule has 0 fully saturated rings. The summed E-state index contributed by atoms with van der Waals surface area (Å²) in [5.74, 6) is 0. The molecule has 0 saturated carbocycles. The summed E-state index contributed by atoms with van der Waals surface area (Å²) >= 11 is 0. The Morgan fingerprint density at radius 1 is 0.233 bits per heavy atom. The van der Waals surface area contributed by atoms with Crippen LogP contribution in [0.5, 0.6) is 0 Å². The van der Waals surface area contributed by atoms with Crippen LogP contribution in [0.15, 0.2) is 104 Å². The molecule has 0 N–H and O–H groups in total. The fourth-order valence-electron chi connectivity index (χ4n) is 6.72. The van der Waals surface area contributed by atoms with Gasteiger partial charge in [-0.2, -0.15) is 0 Å². The van der Waals surface area contributed by atoms with Crippen molar-refractivity contribution in [1.29, 1.82) is 0 Å². The third-order valence-electron chi connectivity index (χ3n) is 8.62. The van der Waals surface area contributed by atoms with Gasteiger partial charge in [0.1, 0.15) is 0 Å². The summed E-state index contributed by atoms with van der Waals surface area (Å²) in [7, 11) is 0. The normalized spacial score (nSPS) is 26.7. The second-order valence-corrected chi connectivity index (χ2v) is 10.6. The van der Waals surface area contributed by atoms with Crippen LogP contribution in [0.2, 0.25) is 0 Å². The minimum atomic E-state index is 1.07. The molecule has 0 aromatic rings. The predicted octanol–water partition coefficient (Wildman–Crippen LogP) is 8.46. The van der Waals surface area contributed by atoms with Gasteiger partial charge in [-0.15, -0.1) is 0 Å². The molecule has 0 aromatic heterocycles. The highest BCUT2D eigenvalue weighted by Crippen LogP contribution is 2.52. The molecule has 6 aliphatic carbocycles. The summed E-state index contributed by atoms with van der Waals surface area (Å²) < 4.78 is 0. The van der Waals surface area contributed by atoms with Gasteiger partial charge in [-0.25, -0.2) is 0 Å². The van der Waals surface area contributed by atoms with Crippen molar-refractivity contribution in [3.63, 3.8) is 0 Å². The van der Waals surface area contributed by atoms with E-state index in [0.717, 1.165) is 25.7 Å². The molecule has 0 heterocycles. The van der Waals surface area contributed by atoms with Crippen LogP contribution in [0.25, 0.3) is 0 Å². The molecule has 0 amide bonds. The first kappa shape index (κ1) is 18.4. The second-order valence-electron chi connectivity index (χ2n) is 10.6. The highest BCUT2D eigenvalue weighted by Gasteiger charge is 2.33. The predicted molar refractivity (Wildman–Crippen MR) is 127 cm³/mol. The molecule has 152 valence electrons. The van der Waals surface area contributed by atoms with E-state index >= 15 is 0 Å². The Kier molecular flexibility index (Phi) is 4.04. The summed E-state index contributed by atoms with van der Waals surface area (Å²) in [5.41, 5.74) is 22.2. The molecule has 0 radical (unpaired) electrons. The smallest absolute Gasteiger partial charge is 0.00642 e. The van der Waals surface area contributed by atoms with Gasteiger partial charge in [-0.05, 0) is 99.3 Å². The Morgan fingerprint density at radius 2 is 0.367 bits per heavy atom. The average molecular weight is 393 g/mol. The van der Waals surface area contributed by atoms with Gasteiger partial charge in [0, 0.05) is 0 Å². The summed E-state index contributed by atoms with van der Waals surface area (Å²) in [4.78, 5) is 0. The van der Waals surface area contributed by atoms with E-state index < -0.39 is 0 Å². The monoisotopic (exact) mass is 392 g/mol. The Bertz CT molecular complexity index is 954. The fourth-order valence-corrected chi connectivity index (χ4v) is 6.72. The molecule has 0 heteroatoms. The van der Waals surface area contributed by atoms with Gasteiger partial charge in [-0.1, -0.05) is 82.0 Å². The van der Waals surface area contributed by atoms with E-state index in [4.69, 9.17) is 0 Å². The Morgan fingerprint density at radius 3 is 0.533 bits per heavy atom. The molecule has 0 aliphatic heterocycles. The number of allylic oxidation sites excluding steroid dienone is 14. The molecule has 0 aromatic carbocycles. The lowest BCUT2D eigenvalue weighted by molar-refractivity contribution is 0.691. The maximum atomic E-state index is 4.26. The lowest BCUT2D eigenvalue weighted by Gasteiger charge is -2.39. The molecule has 6 rings (SSSR count). The van der Waals surface area contributed by atoms with Crippen molar-refractivity contribution in [2.24, 2.45) is 0 Å². The number of hydrogen-bond acceptors (Lipinski definition) is 0. The van der Waals surface area contributed by atoms with Crippen molar-refractivity contribution < 1.29 is 0 Å². The fraction of sp³-hybridized carbons (Fsp3) is 0.400. The molecular weight excluding hydrogens is 360 g/mol. The molecule has 30 heavy (non-hydrogen) atoms. The standard InChI is InChI=1S/C30H32/c1-17-5-21-9-25-13-29-15-27-11-23-7-19(3)20(4)8-24(23)12-28(27)16-30(29)14-26(25)10-22(21)6-18(17)2/h1-16H2. The van der Waals surface area contributed by atoms with Gasteiger partial charge >= 0.3 is 0 Å². The van der Waals surface area contributed by atoms with Crippen LogP contribution >= 0.6 is 0 Å². The van der Waals surface area contributed by atoms with Crippen LogP contribution in [-0.4, -0.2) is 0 Å². The molecule has 0 bridgehead atoms. The van der Waals surface area contributed by atoms with Crippen molar-refractivity contribution in [2.45, 2.75) is 77.0 Å². The Balaban J connectivity index is 1.20.